The van der Waals surface area contributed by atoms with Crippen LogP contribution in [-0.2, 0) is 9.59 Å². The molecule has 6 nitrogen and oxygen atoms in total. The summed E-state index contributed by atoms with van der Waals surface area (Å²) in [5, 5.41) is 3.14. The monoisotopic (exact) mass is 305 g/mol. The highest BCUT2D eigenvalue weighted by molar-refractivity contribution is 5.81. The summed E-state index contributed by atoms with van der Waals surface area (Å²) in [5.41, 5.74) is 0.816. The highest BCUT2D eigenvalue weighted by Crippen LogP contribution is 2.24. The molecule has 0 aromatic heterocycles. The predicted octanol–water partition coefficient (Wildman–Crippen LogP) is 1.19. The van der Waals surface area contributed by atoms with Crippen LogP contribution in [0.3, 0.4) is 0 Å². The Kier molecular flexibility index (Phi) is 5.63. The highest BCUT2D eigenvalue weighted by Gasteiger charge is 2.20. The molecule has 1 N–H and O–H groups in total. The number of carbonyl (C=O) groups excluding carboxylic acids is 2. The minimum atomic E-state index is 0.0323. The van der Waals surface area contributed by atoms with Crippen LogP contribution >= 0.6 is 0 Å². The molecule has 0 unspecified atom stereocenters. The molecule has 1 aliphatic rings. The lowest BCUT2D eigenvalue weighted by Crippen LogP contribution is -2.49. The molecule has 22 heavy (non-hydrogen) atoms. The van der Waals surface area contributed by atoms with E-state index in [9.17, 15) is 9.59 Å². The third-order valence-corrected chi connectivity index (χ3v) is 3.50. The normalized spacial score (nSPS) is 14.9. The molecule has 1 heterocycles. The summed E-state index contributed by atoms with van der Waals surface area (Å²) < 4.78 is 5.72. The van der Waals surface area contributed by atoms with Gasteiger partial charge in [-0.2, -0.15) is 0 Å². The zero-order valence-electron chi connectivity index (χ0n) is 13.1. The van der Waals surface area contributed by atoms with Crippen LogP contribution in [0.2, 0.25) is 0 Å². The lowest BCUT2D eigenvalue weighted by molar-refractivity contribution is -0.133. The van der Waals surface area contributed by atoms with Crippen molar-refractivity contribution >= 4 is 18.0 Å². The molecule has 0 saturated carbocycles. The van der Waals surface area contributed by atoms with E-state index < -0.39 is 0 Å². The quantitative estimate of drug-likeness (QED) is 0.802. The number of rotatable bonds is 6. The van der Waals surface area contributed by atoms with Gasteiger partial charge in [-0.15, -0.1) is 0 Å². The molecule has 0 spiro atoms. The Hall–Kier alpha value is -2.24. The molecule has 0 aliphatic carbocycles. The number of piperazine rings is 1. The summed E-state index contributed by atoms with van der Waals surface area (Å²) in [4.78, 5) is 26.3. The maximum atomic E-state index is 12.2. The Labute approximate surface area is 131 Å². The Bertz CT molecular complexity index is 511. The van der Waals surface area contributed by atoms with Gasteiger partial charge in [0.05, 0.1) is 18.3 Å². The minimum Gasteiger partial charge on any atom is -0.489 e. The molecule has 0 radical (unpaired) electrons. The number of benzene rings is 1. The minimum absolute atomic E-state index is 0.0323. The van der Waals surface area contributed by atoms with Crippen LogP contribution in [0.5, 0.6) is 5.75 Å². The van der Waals surface area contributed by atoms with Gasteiger partial charge in [0.15, 0.2) is 0 Å². The van der Waals surface area contributed by atoms with E-state index in [1.807, 2.05) is 38.1 Å². The maximum absolute atomic E-state index is 12.2. The van der Waals surface area contributed by atoms with Gasteiger partial charge < -0.3 is 19.9 Å². The number of ether oxygens (including phenoxy) is 1. The van der Waals surface area contributed by atoms with Gasteiger partial charge in [-0.05, 0) is 26.0 Å². The number of nitrogens with zero attached hydrogens (tertiary/aromatic N) is 2. The predicted molar refractivity (Wildman–Crippen MR) is 84.9 cm³/mol. The lowest BCUT2D eigenvalue weighted by Gasteiger charge is -2.32. The Morgan fingerprint density at radius 3 is 2.59 bits per heavy atom. The van der Waals surface area contributed by atoms with Gasteiger partial charge in [0.25, 0.3) is 0 Å². The fourth-order valence-electron chi connectivity index (χ4n) is 2.33. The van der Waals surface area contributed by atoms with E-state index in [0.717, 1.165) is 17.8 Å². The molecular formula is C16H23N3O3. The molecule has 1 saturated heterocycles. The first-order chi connectivity index (χ1) is 10.6. The highest BCUT2D eigenvalue weighted by atomic mass is 16.5. The fraction of sp³-hybridized carbons (Fsp3) is 0.500. The van der Waals surface area contributed by atoms with E-state index in [4.69, 9.17) is 4.74 Å². The summed E-state index contributed by atoms with van der Waals surface area (Å²) >= 11 is 0. The summed E-state index contributed by atoms with van der Waals surface area (Å²) in [5.74, 6) is 0.779. The third-order valence-electron chi connectivity index (χ3n) is 3.50. The van der Waals surface area contributed by atoms with Gasteiger partial charge in [-0.1, -0.05) is 12.1 Å². The number of anilines is 1. The molecule has 2 amide bonds. The first kappa shape index (κ1) is 16.1. The third kappa shape index (κ3) is 4.38. The van der Waals surface area contributed by atoms with Gasteiger partial charge in [0, 0.05) is 26.2 Å². The molecule has 2 rings (SSSR count). The van der Waals surface area contributed by atoms with Crippen molar-refractivity contribution in [3.05, 3.63) is 24.3 Å². The molecule has 1 aromatic rings. The largest absolute Gasteiger partial charge is 0.489 e. The van der Waals surface area contributed by atoms with E-state index in [1.165, 1.54) is 0 Å². The number of amides is 2. The number of hydrogen-bond acceptors (Lipinski definition) is 4. The zero-order chi connectivity index (χ0) is 15.9. The molecule has 0 bridgehead atoms. The summed E-state index contributed by atoms with van der Waals surface area (Å²) in [7, 11) is 0. The lowest BCUT2D eigenvalue weighted by atomic mass is 10.2. The van der Waals surface area contributed by atoms with Gasteiger partial charge in [0.1, 0.15) is 5.75 Å². The molecule has 1 fully saturated rings. The van der Waals surface area contributed by atoms with Crippen molar-refractivity contribution in [3.63, 3.8) is 0 Å². The first-order valence-electron chi connectivity index (χ1n) is 7.57. The topological polar surface area (TPSA) is 61.9 Å². The van der Waals surface area contributed by atoms with E-state index >= 15 is 0 Å². The van der Waals surface area contributed by atoms with Crippen molar-refractivity contribution < 1.29 is 14.3 Å². The number of para-hydroxylation sites is 2. The van der Waals surface area contributed by atoms with Crippen LogP contribution < -0.4 is 10.1 Å². The van der Waals surface area contributed by atoms with Gasteiger partial charge in [-0.3, -0.25) is 9.59 Å². The second-order valence-corrected chi connectivity index (χ2v) is 5.54. The number of carbonyl (C=O) groups is 2. The van der Waals surface area contributed by atoms with Crippen molar-refractivity contribution in [1.29, 1.82) is 0 Å². The van der Waals surface area contributed by atoms with Crippen LogP contribution in [0.15, 0.2) is 24.3 Å². The van der Waals surface area contributed by atoms with Gasteiger partial charge in [-0.25, -0.2) is 0 Å². The van der Waals surface area contributed by atoms with Crippen LogP contribution in [0.25, 0.3) is 0 Å². The van der Waals surface area contributed by atoms with Crippen molar-refractivity contribution in [2.24, 2.45) is 0 Å². The molecule has 6 heteroatoms. The molecule has 0 atom stereocenters. The van der Waals surface area contributed by atoms with Crippen LogP contribution in [0, 0.1) is 0 Å². The molecule has 1 aromatic carbocycles. The van der Waals surface area contributed by atoms with E-state index in [1.54, 1.807) is 9.80 Å². The van der Waals surface area contributed by atoms with E-state index in [0.29, 0.717) is 26.2 Å². The second-order valence-electron chi connectivity index (χ2n) is 5.54. The van der Waals surface area contributed by atoms with Crippen LogP contribution in [0.4, 0.5) is 5.69 Å². The molecule has 120 valence electrons. The first-order valence-corrected chi connectivity index (χ1v) is 7.57. The smallest absolute Gasteiger partial charge is 0.241 e. The average Bonchev–Trinajstić information content (AvgIpc) is 2.53. The van der Waals surface area contributed by atoms with E-state index in [-0.39, 0.29) is 18.6 Å². The van der Waals surface area contributed by atoms with Crippen LogP contribution in [0.1, 0.15) is 13.8 Å². The number of hydrogen-bond donors (Lipinski definition) is 1. The Balaban J connectivity index is 1.87. The van der Waals surface area contributed by atoms with Crippen molar-refractivity contribution in [2.45, 2.75) is 20.0 Å². The molecule has 1 aliphatic heterocycles. The van der Waals surface area contributed by atoms with Crippen LogP contribution in [-0.4, -0.2) is 60.9 Å². The Morgan fingerprint density at radius 2 is 1.95 bits per heavy atom. The van der Waals surface area contributed by atoms with Crippen molar-refractivity contribution in [2.75, 3.05) is 38.0 Å². The summed E-state index contributed by atoms with van der Waals surface area (Å²) in [6, 6.07) is 7.59. The number of nitrogens with one attached hydrogen (secondary N) is 1. The SMILES string of the molecule is CC(C)Oc1ccccc1NCC(=O)N1CCN(C=O)CC1. The van der Waals surface area contributed by atoms with Gasteiger partial charge in [0.2, 0.25) is 12.3 Å². The summed E-state index contributed by atoms with van der Waals surface area (Å²) in [6.07, 6.45) is 0.912. The van der Waals surface area contributed by atoms with Gasteiger partial charge >= 0.3 is 0 Å². The van der Waals surface area contributed by atoms with Crippen molar-refractivity contribution in [1.82, 2.24) is 9.80 Å². The zero-order valence-corrected chi connectivity index (χ0v) is 13.1. The molecular weight excluding hydrogens is 282 g/mol. The summed E-state index contributed by atoms with van der Waals surface area (Å²) in [6.45, 7) is 6.53. The Morgan fingerprint density at radius 1 is 1.27 bits per heavy atom. The maximum Gasteiger partial charge on any atom is 0.241 e. The van der Waals surface area contributed by atoms with E-state index in [2.05, 4.69) is 5.32 Å². The fourth-order valence-corrected chi connectivity index (χ4v) is 2.33. The average molecular weight is 305 g/mol. The standard InChI is InChI=1S/C16H23N3O3/c1-13(2)22-15-6-4-3-5-14(15)17-11-16(21)19-9-7-18(12-20)8-10-19/h3-6,12-13,17H,7-11H2,1-2H3. The second kappa shape index (κ2) is 7.68. The van der Waals surface area contributed by atoms with Crippen molar-refractivity contribution in [3.8, 4) is 5.75 Å².